The number of esters is 1. The van der Waals surface area contributed by atoms with Gasteiger partial charge in [-0.25, -0.2) is 9.18 Å². The molecule has 0 fully saturated rings. The van der Waals surface area contributed by atoms with Crippen LogP contribution in [0.1, 0.15) is 11.1 Å². The van der Waals surface area contributed by atoms with E-state index in [0.29, 0.717) is 23.3 Å². The Hall–Kier alpha value is -3.66. The fourth-order valence-electron chi connectivity index (χ4n) is 2.33. The van der Waals surface area contributed by atoms with Crippen molar-refractivity contribution in [1.82, 2.24) is 5.32 Å². The highest BCUT2D eigenvalue weighted by molar-refractivity contribution is 5.98. The van der Waals surface area contributed by atoms with Gasteiger partial charge in [0, 0.05) is 6.54 Å². The van der Waals surface area contributed by atoms with Crippen molar-refractivity contribution in [3.63, 3.8) is 0 Å². The number of hydrogen-bond donors (Lipinski definition) is 1. The third-order valence-corrected chi connectivity index (χ3v) is 3.75. The molecule has 0 radical (unpaired) electrons. The smallest absolute Gasteiger partial charge is 0.349 e. The van der Waals surface area contributed by atoms with Crippen molar-refractivity contribution in [1.29, 1.82) is 5.26 Å². The van der Waals surface area contributed by atoms with E-state index < -0.39 is 18.5 Å². The maximum absolute atomic E-state index is 13.5. The van der Waals surface area contributed by atoms with Gasteiger partial charge in [-0.2, -0.15) is 5.26 Å². The molecule has 2 aromatic rings. The monoisotopic (exact) mass is 382 g/mol. The molecule has 0 aliphatic rings. The molecule has 0 unspecified atom stereocenters. The van der Waals surface area contributed by atoms with E-state index >= 15 is 0 Å². The van der Waals surface area contributed by atoms with Gasteiger partial charge in [0.15, 0.2) is 6.61 Å². The summed E-state index contributed by atoms with van der Waals surface area (Å²) in [5.41, 5.74) is 0.822. The predicted molar refractivity (Wildman–Crippen MR) is 101 cm³/mol. The van der Waals surface area contributed by atoms with Crippen LogP contribution in [0.2, 0.25) is 0 Å². The normalized spacial score (nSPS) is 10.7. The molecule has 0 saturated heterocycles. The fourth-order valence-corrected chi connectivity index (χ4v) is 2.33. The van der Waals surface area contributed by atoms with Gasteiger partial charge >= 0.3 is 5.97 Å². The van der Waals surface area contributed by atoms with Gasteiger partial charge in [0.25, 0.3) is 5.91 Å². The van der Waals surface area contributed by atoms with E-state index in [-0.39, 0.29) is 17.9 Å². The summed E-state index contributed by atoms with van der Waals surface area (Å²) in [6.45, 7) is -0.338. The van der Waals surface area contributed by atoms with Gasteiger partial charge in [0.2, 0.25) is 0 Å². The number of methoxy groups -OCH3 is 1. The second-order valence-corrected chi connectivity index (χ2v) is 5.71. The van der Waals surface area contributed by atoms with Gasteiger partial charge in [-0.15, -0.1) is 0 Å². The Labute approximate surface area is 162 Å². The summed E-state index contributed by atoms with van der Waals surface area (Å²) >= 11 is 0. The van der Waals surface area contributed by atoms with Gasteiger partial charge < -0.3 is 14.8 Å². The summed E-state index contributed by atoms with van der Waals surface area (Å²) in [4.78, 5) is 23.8. The van der Waals surface area contributed by atoms with Gasteiger partial charge in [-0.3, -0.25) is 4.79 Å². The first-order valence-electron chi connectivity index (χ1n) is 8.46. The van der Waals surface area contributed by atoms with E-state index in [4.69, 9.17) is 14.7 Å². The molecule has 28 heavy (non-hydrogen) atoms. The Kier molecular flexibility index (Phi) is 7.73. The standard InChI is InChI=1S/C21H19FN2O4/c1-27-18-7-4-5-15(12-18)11-17(13-23)21(26)28-14-20(25)24-10-9-16-6-2-3-8-19(16)22/h2-8,11-12H,9-10,14H2,1H3,(H,24,25)/b17-11+. The minimum absolute atomic E-state index is 0.197. The first kappa shape index (κ1) is 20.6. The number of rotatable bonds is 8. The molecular weight excluding hydrogens is 363 g/mol. The summed E-state index contributed by atoms with van der Waals surface area (Å²) in [5, 5.41) is 11.7. The van der Waals surface area contributed by atoms with Crippen LogP contribution in [0.15, 0.2) is 54.1 Å². The minimum Gasteiger partial charge on any atom is -0.497 e. The lowest BCUT2D eigenvalue weighted by molar-refractivity contribution is -0.144. The quantitative estimate of drug-likeness (QED) is 0.431. The molecule has 0 aromatic heterocycles. The second-order valence-electron chi connectivity index (χ2n) is 5.71. The van der Waals surface area contributed by atoms with E-state index in [1.165, 1.54) is 19.3 Å². The largest absolute Gasteiger partial charge is 0.497 e. The molecule has 2 aromatic carbocycles. The van der Waals surface area contributed by atoms with Crippen LogP contribution in [0.3, 0.4) is 0 Å². The summed E-state index contributed by atoms with van der Waals surface area (Å²) in [7, 11) is 1.51. The van der Waals surface area contributed by atoms with Crippen LogP contribution in [-0.2, 0) is 20.7 Å². The first-order valence-corrected chi connectivity index (χ1v) is 8.46. The van der Waals surface area contributed by atoms with E-state index in [0.717, 1.165) is 0 Å². The van der Waals surface area contributed by atoms with Gasteiger partial charge in [0.1, 0.15) is 23.2 Å². The van der Waals surface area contributed by atoms with E-state index in [1.54, 1.807) is 48.5 Å². The number of carbonyl (C=O) groups excluding carboxylic acids is 2. The van der Waals surface area contributed by atoms with Crippen LogP contribution in [0.25, 0.3) is 6.08 Å². The van der Waals surface area contributed by atoms with Gasteiger partial charge in [-0.05, 0) is 41.8 Å². The van der Waals surface area contributed by atoms with Crippen molar-refractivity contribution in [3.8, 4) is 11.8 Å². The SMILES string of the molecule is COc1cccc(/C=C(\C#N)C(=O)OCC(=O)NCCc2ccccc2F)c1. The maximum atomic E-state index is 13.5. The molecule has 0 aliphatic carbocycles. The van der Waals surface area contributed by atoms with Crippen molar-refractivity contribution in [2.75, 3.05) is 20.3 Å². The number of halogens is 1. The number of nitrogens with one attached hydrogen (secondary N) is 1. The summed E-state index contributed by atoms with van der Waals surface area (Å²) < 4.78 is 23.4. The topological polar surface area (TPSA) is 88.4 Å². The van der Waals surface area contributed by atoms with Gasteiger partial charge in [-0.1, -0.05) is 30.3 Å². The molecule has 0 spiro atoms. The lowest BCUT2D eigenvalue weighted by Gasteiger charge is -2.07. The molecular formula is C21H19FN2O4. The number of hydrogen-bond acceptors (Lipinski definition) is 5. The zero-order chi connectivity index (χ0) is 20.4. The van der Waals surface area contributed by atoms with Crippen LogP contribution < -0.4 is 10.1 Å². The minimum atomic E-state index is -0.908. The second kappa shape index (κ2) is 10.5. The van der Waals surface area contributed by atoms with Gasteiger partial charge in [0.05, 0.1) is 7.11 Å². The molecule has 7 heteroatoms. The molecule has 0 atom stereocenters. The summed E-state index contributed by atoms with van der Waals surface area (Å²) in [6.07, 6.45) is 1.66. The lowest BCUT2D eigenvalue weighted by Crippen LogP contribution is -2.30. The molecule has 2 rings (SSSR count). The highest BCUT2D eigenvalue weighted by Crippen LogP contribution is 2.15. The molecule has 0 bridgehead atoms. The number of carbonyl (C=O) groups is 2. The Balaban J connectivity index is 1.84. The molecule has 1 amide bonds. The van der Waals surface area contributed by atoms with Crippen molar-refractivity contribution in [3.05, 3.63) is 71.0 Å². The number of nitrogens with zero attached hydrogens (tertiary/aromatic N) is 1. The van der Waals surface area contributed by atoms with E-state index in [2.05, 4.69) is 5.32 Å². The van der Waals surface area contributed by atoms with E-state index in [1.807, 2.05) is 0 Å². The van der Waals surface area contributed by atoms with Crippen molar-refractivity contribution in [2.24, 2.45) is 0 Å². The zero-order valence-electron chi connectivity index (χ0n) is 15.3. The van der Waals surface area contributed by atoms with Crippen LogP contribution in [0, 0.1) is 17.1 Å². The Morgan fingerprint density at radius 2 is 2.00 bits per heavy atom. The fraction of sp³-hybridized carbons (Fsp3) is 0.190. The number of nitriles is 1. The Bertz CT molecular complexity index is 919. The summed E-state index contributed by atoms with van der Waals surface area (Å²) in [6, 6.07) is 14.8. The molecule has 0 saturated carbocycles. The zero-order valence-corrected chi connectivity index (χ0v) is 15.3. The Morgan fingerprint density at radius 1 is 1.21 bits per heavy atom. The molecule has 1 N–H and O–H groups in total. The van der Waals surface area contributed by atoms with E-state index in [9.17, 15) is 14.0 Å². The van der Waals surface area contributed by atoms with Crippen LogP contribution in [0.5, 0.6) is 5.75 Å². The average molecular weight is 382 g/mol. The predicted octanol–water partition coefficient (Wildman–Crippen LogP) is 2.64. The van der Waals surface area contributed by atoms with Crippen molar-refractivity contribution in [2.45, 2.75) is 6.42 Å². The third kappa shape index (κ3) is 6.25. The maximum Gasteiger partial charge on any atom is 0.349 e. The third-order valence-electron chi connectivity index (χ3n) is 3.75. The number of ether oxygens (including phenoxy) is 2. The van der Waals surface area contributed by atoms with Crippen molar-refractivity contribution >= 4 is 18.0 Å². The highest BCUT2D eigenvalue weighted by atomic mass is 19.1. The molecule has 0 heterocycles. The van der Waals surface area contributed by atoms with Crippen LogP contribution in [-0.4, -0.2) is 32.1 Å². The van der Waals surface area contributed by atoms with Crippen LogP contribution in [0.4, 0.5) is 4.39 Å². The molecule has 6 nitrogen and oxygen atoms in total. The lowest BCUT2D eigenvalue weighted by atomic mass is 10.1. The average Bonchev–Trinajstić information content (AvgIpc) is 2.71. The summed E-state index contributed by atoms with van der Waals surface area (Å²) in [5.74, 6) is -1.21. The molecule has 144 valence electrons. The van der Waals surface area contributed by atoms with Crippen molar-refractivity contribution < 1.29 is 23.5 Å². The molecule has 0 aliphatic heterocycles. The number of benzene rings is 2. The highest BCUT2D eigenvalue weighted by Gasteiger charge is 2.13. The number of amides is 1. The first-order chi connectivity index (χ1) is 13.5. The Morgan fingerprint density at radius 3 is 2.71 bits per heavy atom. The van der Waals surface area contributed by atoms with Crippen LogP contribution >= 0.6 is 0 Å².